The van der Waals surface area contributed by atoms with Gasteiger partial charge < -0.3 is 33.2 Å². The van der Waals surface area contributed by atoms with Crippen LogP contribution in [0.3, 0.4) is 0 Å². The average molecular weight is 707 g/mol. The first-order valence-corrected chi connectivity index (χ1v) is 16.9. The number of carbonyl (C=O) groups is 4. The SMILES string of the molecule is COc1ccccc1C(=O)OC12CC3(OC(=O)c4ccccc4)CC(OC(=O)c4ccccc4OC)(C1)CC(OC(=O)c1ccccc1OC)(C3)C2. The van der Waals surface area contributed by atoms with Crippen LogP contribution in [0.4, 0.5) is 0 Å². The van der Waals surface area contributed by atoms with E-state index in [4.69, 9.17) is 33.2 Å². The van der Waals surface area contributed by atoms with Crippen molar-refractivity contribution in [1.82, 2.24) is 0 Å². The summed E-state index contributed by atoms with van der Waals surface area (Å²) in [6.07, 6.45) is 0.380. The molecule has 11 heteroatoms. The van der Waals surface area contributed by atoms with Crippen molar-refractivity contribution >= 4 is 23.9 Å². The van der Waals surface area contributed by atoms with Crippen LogP contribution in [-0.4, -0.2) is 67.6 Å². The van der Waals surface area contributed by atoms with E-state index in [1.807, 2.05) is 0 Å². The summed E-state index contributed by atoms with van der Waals surface area (Å²) in [6, 6.07) is 28.5. The fraction of sp³-hybridized carbons (Fsp3) is 0.317. The monoisotopic (exact) mass is 706 g/mol. The van der Waals surface area contributed by atoms with Crippen molar-refractivity contribution in [2.24, 2.45) is 0 Å². The highest BCUT2D eigenvalue weighted by Crippen LogP contribution is 2.66. The molecule has 0 aromatic heterocycles. The zero-order valence-electron chi connectivity index (χ0n) is 29.0. The minimum atomic E-state index is -1.41. The number of carbonyl (C=O) groups excluding carboxylic acids is 4. The molecular weight excluding hydrogens is 668 g/mol. The van der Waals surface area contributed by atoms with Crippen LogP contribution in [0.25, 0.3) is 0 Å². The van der Waals surface area contributed by atoms with Crippen molar-refractivity contribution in [1.29, 1.82) is 0 Å². The molecule has 52 heavy (non-hydrogen) atoms. The summed E-state index contributed by atoms with van der Waals surface area (Å²) < 4.78 is 42.2. The molecule has 0 radical (unpaired) electrons. The van der Waals surface area contributed by atoms with Crippen molar-refractivity contribution in [2.45, 2.75) is 60.9 Å². The molecule has 4 fully saturated rings. The quantitative estimate of drug-likeness (QED) is 0.121. The Kier molecular flexibility index (Phi) is 8.90. The van der Waals surface area contributed by atoms with Gasteiger partial charge in [-0.3, -0.25) is 0 Å². The van der Waals surface area contributed by atoms with E-state index >= 15 is 0 Å². The fourth-order valence-electron chi connectivity index (χ4n) is 8.73. The summed E-state index contributed by atoms with van der Waals surface area (Å²) in [4.78, 5) is 56.0. The van der Waals surface area contributed by atoms with Gasteiger partial charge >= 0.3 is 23.9 Å². The predicted octanol–water partition coefficient (Wildman–Crippen LogP) is 6.78. The zero-order valence-corrected chi connectivity index (χ0v) is 29.0. The lowest BCUT2D eigenvalue weighted by molar-refractivity contribution is -0.292. The molecule has 4 aliphatic carbocycles. The van der Waals surface area contributed by atoms with Gasteiger partial charge in [-0.1, -0.05) is 54.6 Å². The second-order valence-electron chi connectivity index (χ2n) is 13.8. The standard InChI is InChI=1S/C41H38O11/c1-46-31-18-10-7-15-28(31)35(43)50-39-21-38(49-34(42)27-13-5-4-6-14-27)22-40(24-39,51-36(44)29-16-8-11-19-32(29)47-2)26-41(23-38,25-39)52-37(45)30-17-9-12-20-33(30)48-3/h4-20H,21-26H2,1-3H3. The summed E-state index contributed by atoms with van der Waals surface area (Å²) in [7, 11) is 4.36. The van der Waals surface area contributed by atoms with Gasteiger partial charge in [0.1, 0.15) is 56.3 Å². The number of para-hydroxylation sites is 3. The summed E-state index contributed by atoms with van der Waals surface area (Å²) in [5.74, 6) is -1.79. The maximum absolute atomic E-state index is 14.1. The Hall–Kier alpha value is -5.84. The number of hydrogen-bond donors (Lipinski definition) is 0. The van der Waals surface area contributed by atoms with E-state index in [9.17, 15) is 19.2 Å². The van der Waals surface area contributed by atoms with E-state index in [0.717, 1.165) is 0 Å². The molecule has 268 valence electrons. The van der Waals surface area contributed by atoms with E-state index < -0.39 is 46.3 Å². The van der Waals surface area contributed by atoms with Crippen LogP contribution in [0, 0.1) is 0 Å². The number of esters is 4. The normalized spacial score (nSPS) is 25.4. The number of rotatable bonds is 11. The molecule has 4 saturated carbocycles. The van der Waals surface area contributed by atoms with Gasteiger partial charge in [-0.05, 0) is 48.5 Å². The molecule has 0 aliphatic heterocycles. The highest BCUT2D eigenvalue weighted by atomic mass is 16.6. The number of hydrogen-bond acceptors (Lipinski definition) is 11. The molecule has 11 nitrogen and oxygen atoms in total. The first-order valence-electron chi connectivity index (χ1n) is 16.9. The minimum Gasteiger partial charge on any atom is -0.496 e. The van der Waals surface area contributed by atoms with Gasteiger partial charge in [0.05, 0.1) is 26.9 Å². The fourth-order valence-corrected chi connectivity index (χ4v) is 8.73. The topological polar surface area (TPSA) is 133 Å². The van der Waals surface area contributed by atoms with E-state index in [-0.39, 0.29) is 55.2 Å². The molecule has 4 aliphatic rings. The first kappa shape index (κ1) is 34.6. The third kappa shape index (κ3) is 6.42. The lowest BCUT2D eigenvalue weighted by Gasteiger charge is -2.66. The van der Waals surface area contributed by atoms with Crippen molar-refractivity contribution in [2.75, 3.05) is 21.3 Å². The zero-order chi connectivity index (χ0) is 36.6. The molecule has 0 spiro atoms. The first-order chi connectivity index (χ1) is 25.0. The van der Waals surface area contributed by atoms with Crippen LogP contribution in [0.2, 0.25) is 0 Å². The van der Waals surface area contributed by atoms with Crippen LogP contribution in [0.5, 0.6) is 17.2 Å². The number of benzene rings is 4. The average Bonchev–Trinajstić information content (AvgIpc) is 3.13. The van der Waals surface area contributed by atoms with Crippen LogP contribution in [0.1, 0.15) is 80.0 Å². The molecular formula is C41H38O11. The van der Waals surface area contributed by atoms with Crippen LogP contribution in [-0.2, 0) is 18.9 Å². The van der Waals surface area contributed by atoms with E-state index in [1.54, 1.807) is 103 Å². The van der Waals surface area contributed by atoms with Gasteiger partial charge in [-0.15, -0.1) is 0 Å². The molecule has 0 heterocycles. The van der Waals surface area contributed by atoms with E-state index in [1.165, 1.54) is 21.3 Å². The van der Waals surface area contributed by atoms with E-state index in [2.05, 4.69) is 0 Å². The molecule has 0 N–H and O–H groups in total. The molecule has 4 aromatic carbocycles. The third-order valence-electron chi connectivity index (χ3n) is 10.1. The summed E-state index contributed by atoms with van der Waals surface area (Å²) in [6.45, 7) is 0. The van der Waals surface area contributed by atoms with Gasteiger partial charge in [0.25, 0.3) is 0 Å². The Bertz CT molecular complexity index is 1830. The predicted molar refractivity (Wildman–Crippen MR) is 186 cm³/mol. The van der Waals surface area contributed by atoms with Crippen LogP contribution >= 0.6 is 0 Å². The van der Waals surface area contributed by atoms with Crippen LogP contribution in [0.15, 0.2) is 103 Å². The van der Waals surface area contributed by atoms with Crippen LogP contribution < -0.4 is 14.2 Å². The lowest BCUT2D eigenvalue weighted by Crippen LogP contribution is -2.74. The lowest BCUT2D eigenvalue weighted by atomic mass is 9.48. The molecule has 0 unspecified atom stereocenters. The Morgan fingerprint density at radius 1 is 0.385 bits per heavy atom. The largest absolute Gasteiger partial charge is 0.496 e. The minimum absolute atomic E-state index is 0.0559. The molecule has 0 atom stereocenters. The molecule has 4 aromatic rings. The van der Waals surface area contributed by atoms with Crippen molar-refractivity contribution < 1.29 is 52.3 Å². The summed E-state index contributed by atoms with van der Waals surface area (Å²) in [5.41, 5.74) is -4.78. The third-order valence-corrected chi connectivity index (χ3v) is 10.1. The van der Waals surface area contributed by atoms with Crippen molar-refractivity contribution in [3.05, 3.63) is 125 Å². The molecule has 4 bridgehead atoms. The highest BCUT2D eigenvalue weighted by molar-refractivity contribution is 5.95. The van der Waals surface area contributed by atoms with Gasteiger partial charge in [0.2, 0.25) is 0 Å². The van der Waals surface area contributed by atoms with Gasteiger partial charge in [-0.2, -0.15) is 0 Å². The molecule has 0 saturated heterocycles. The molecule has 8 rings (SSSR count). The Labute approximate surface area is 300 Å². The Morgan fingerprint density at radius 3 is 0.962 bits per heavy atom. The van der Waals surface area contributed by atoms with Gasteiger partial charge in [-0.25, -0.2) is 19.2 Å². The maximum Gasteiger partial charge on any atom is 0.342 e. The number of ether oxygens (including phenoxy) is 7. The smallest absolute Gasteiger partial charge is 0.342 e. The van der Waals surface area contributed by atoms with E-state index in [0.29, 0.717) is 22.8 Å². The Balaban J connectivity index is 1.35. The highest BCUT2D eigenvalue weighted by Gasteiger charge is 2.74. The second-order valence-corrected chi connectivity index (χ2v) is 13.8. The van der Waals surface area contributed by atoms with Gasteiger partial charge in [0, 0.05) is 38.5 Å². The summed E-state index contributed by atoms with van der Waals surface area (Å²) in [5, 5.41) is 0. The molecule has 0 amide bonds. The Morgan fingerprint density at radius 2 is 0.654 bits per heavy atom. The van der Waals surface area contributed by atoms with Gasteiger partial charge in [0.15, 0.2) is 0 Å². The second kappa shape index (κ2) is 13.4. The maximum atomic E-state index is 14.1. The van der Waals surface area contributed by atoms with Crippen molar-refractivity contribution in [3.8, 4) is 17.2 Å². The van der Waals surface area contributed by atoms with Crippen molar-refractivity contribution in [3.63, 3.8) is 0 Å². The summed E-state index contributed by atoms with van der Waals surface area (Å²) >= 11 is 0. The number of methoxy groups -OCH3 is 3.